The third-order valence-electron chi connectivity index (χ3n) is 3.36. The van der Waals surface area contributed by atoms with Crippen LogP contribution in [0.2, 0.25) is 0 Å². The van der Waals surface area contributed by atoms with E-state index in [1.165, 1.54) is 0 Å². The van der Waals surface area contributed by atoms with Crippen LogP contribution in [0.25, 0.3) is 0 Å². The Labute approximate surface area is 82.9 Å². The Hall–Kier alpha value is -0.610. The SMILES string of the molecule is CCOC(=O)C1[C@H]2C[C@H](O)[C@H](O)C[C@@H]12. The molecular formula is C10H16O4. The second-order valence-corrected chi connectivity index (χ2v) is 4.21. The fraction of sp³-hybridized carbons (Fsp3) is 0.900. The van der Waals surface area contributed by atoms with Gasteiger partial charge in [0.05, 0.1) is 24.7 Å². The molecule has 2 aliphatic carbocycles. The quantitative estimate of drug-likeness (QED) is 0.612. The summed E-state index contributed by atoms with van der Waals surface area (Å²) in [4.78, 5) is 11.4. The molecule has 2 N–H and O–H groups in total. The van der Waals surface area contributed by atoms with Crippen molar-refractivity contribution in [3.05, 3.63) is 0 Å². The molecule has 4 heteroatoms. The zero-order chi connectivity index (χ0) is 10.3. The van der Waals surface area contributed by atoms with Gasteiger partial charge < -0.3 is 14.9 Å². The lowest BCUT2D eigenvalue weighted by Crippen LogP contribution is -2.30. The van der Waals surface area contributed by atoms with Crippen molar-refractivity contribution in [2.24, 2.45) is 17.8 Å². The van der Waals surface area contributed by atoms with E-state index in [-0.39, 0.29) is 23.7 Å². The lowest BCUT2D eigenvalue weighted by atomic mass is 9.95. The van der Waals surface area contributed by atoms with Gasteiger partial charge in [0.25, 0.3) is 0 Å². The molecule has 2 aliphatic rings. The third-order valence-corrected chi connectivity index (χ3v) is 3.36. The van der Waals surface area contributed by atoms with E-state index in [0.29, 0.717) is 19.4 Å². The van der Waals surface area contributed by atoms with Crippen molar-refractivity contribution in [1.29, 1.82) is 0 Å². The van der Waals surface area contributed by atoms with Crippen molar-refractivity contribution >= 4 is 5.97 Å². The number of ether oxygens (including phenoxy) is 1. The molecule has 1 unspecified atom stereocenters. The van der Waals surface area contributed by atoms with Gasteiger partial charge in [-0.25, -0.2) is 0 Å². The molecule has 5 atom stereocenters. The Morgan fingerprint density at radius 3 is 2.21 bits per heavy atom. The Morgan fingerprint density at radius 2 is 1.79 bits per heavy atom. The second kappa shape index (κ2) is 3.51. The van der Waals surface area contributed by atoms with E-state index in [4.69, 9.17) is 4.74 Å². The maximum Gasteiger partial charge on any atom is 0.309 e. The zero-order valence-electron chi connectivity index (χ0n) is 8.22. The summed E-state index contributed by atoms with van der Waals surface area (Å²) in [5.41, 5.74) is 0. The minimum Gasteiger partial charge on any atom is -0.466 e. The van der Waals surface area contributed by atoms with Crippen LogP contribution in [0.5, 0.6) is 0 Å². The van der Waals surface area contributed by atoms with E-state index >= 15 is 0 Å². The van der Waals surface area contributed by atoms with Gasteiger partial charge in [-0.3, -0.25) is 4.79 Å². The molecule has 2 rings (SSSR count). The molecule has 0 spiro atoms. The molecule has 0 bridgehead atoms. The van der Waals surface area contributed by atoms with Crippen molar-refractivity contribution in [2.45, 2.75) is 32.0 Å². The molecule has 4 nitrogen and oxygen atoms in total. The fourth-order valence-corrected chi connectivity index (χ4v) is 2.55. The Morgan fingerprint density at radius 1 is 1.29 bits per heavy atom. The van der Waals surface area contributed by atoms with Gasteiger partial charge in [0.1, 0.15) is 0 Å². The van der Waals surface area contributed by atoms with Crippen molar-refractivity contribution in [2.75, 3.05) is 6.61 Å². The highest BCUT2D eigenvalue weighted by Crippen LogP contribution is 2.55. The molecule has 0 heterocycles. The van der Waals surface area contributed by atoms with Crippen molar-refractivity contribution in [3.8, 4) is 0 Å². The number of aliphatic hydroxyl groups excluding tert-OH is 2. The maximum absolute atomic E-state index is 11.4. The summed E-state index contributed by atoms with van der Waals surface area (Å²) in [6.07, 6.45) is -0.240. The zero-order valence-corrected chi connectivity index (χ0v) is 8.22. The molecular weight excluding hydrogens is 184 g/mol. The summed E-state index contributed by atoms with van der Waals surface area (Å²) in [6, 6.07) is 0. The maximum atomic E-state index is 11.4. The van der Waals surface area contributed by atoms with E-state index in [9.17, 15) is 15.0 Å². The summed E-state index contributed by atoms with van der Waals surface area (Å²) in [7, 11) is 0. The minimum absolute atomic E-state index is 0.0678. The molecule has 0 aliphatic heterocycles. The summed E-state index contributed by atoms with van der Waals surface area (Å²) >= 11 is 0. The summed E-state index contributed by atoms with van der Waals surface area (Å²) < 4.78 is 4.93. The van der Waals surface area contributed by atoms with Crippen LogP contribution in [-0.4, -0.2) is 35.0 Å². The standard InChI is InChI=1S/C10H16O4/c1-2-14-10(13)9-5-3-7(11)8(12)4-6(5)9/h5-9,11-12H,2-4H2,1H3/t5-,6+,7-,8+,9?. The van der Waals surface area contributed by atoms with Crippen LogP contribution in [-0.2, 0) is 9.53 Å². The van der Waals surface area contributed by atoms with E-state index in [2.05, 4.69) is 0 Å². The Bertz CT molecular complexity index is 224. The van der Waals surface area contributed by atoms with Gasteiger partial charge in [-0.05, 0) is 31.6 Å². The van der Waals surface area contributed by atoms with Crippen LogP contribution < -0.4 is 0 Å². The van der Waals surface area contributed by atoms with Crippen LogP contribution in [0, 0.1) is 17.8 Å². The van der Waals surface area contributed by atoms with Gasteiger partial charge in [0.2, 0.25) is 0 Å². The number of hydrogen-bond donors (Lipinski definition) is 2. The van der Waals surface area contributed by atoms with Gasteiger partial charge in [0, 0.05) is 0 Å². The molecule has 80 valence electrons. The van der Waals surface area contributed by atoms with E-state index in [1.54, 1.807) is 6.92 Å². The largest absolute Gasteiger partial charge is 0.466 e. The Kier molecular flexibility index (Phi) is 2.49. The molecule has 0 radical (unpaired) electrons. The van der Waals surface area contributed by atoms with E-state index in [1.807, 2.05) is 0 Å². The first-order valence-corrected chi connectivity index (χ1v) is 5.18. The van der Waals surface area contributed by atoms with E-state index < -0.39 is 12.2 Å². The van der Waals surface area contributed by atoms with Crippen LogP contribution in [0.1, 0.15) is 19.8 Å². The first kappa shape index (κ1) is 9.93. The van der Waals surface area contributed by atoms with Crippen LogP contribution in [0.3, 0.4) is 0 Å². The summed E-state index contributed by atoms with van der Waals surface area (Å²) in [6.45, 7) is 2.19. The highest BCUT2D eigenvalue weighted by molar-refractivity contribution is 5.76. The van der Waals surface area contributed by atoms with Gasteiger partial charge in [0.15, 0.2) is 0 Å². The van der Waals surface area contributed by atoms with Crippen LogP contribution >= 0.6 is 0 Å². The number of carbonyl (C=O) groups excluding carboxylic acids is 1. The average Bonchev–Trinajstić information content (AvgIpc) is 2.79. The molecule has 2 saturated carbocycles. The van der Waals surface area contributed by atoms with Crippen molar-refractivity contribution in [1.82, 2.24) is 0 Å². The Balaban J connectivity index is 1.92. The lowest BCUT2D eigenvalue weighted by Gasteiger charge is -2.21. The number of rotatable bonds is 2. The highest BCUT2D eigenvalue weighted by atomic mass is 16.5. The molecule has 0 aromatic rings. The molecule has 0 saturated heterocycles. The molecule has 0 amide bonds. The topological polar surface area (TPSA) is 66.8 Å². The number of carbonyl (C=O) groups is 1. The monoisotopic (exact) mass is 200 g/mol. The molecule has 0 aromatic heterocycles. The molecule has 0 aromatic carbocycles. The van der Waals surface area contributed by atoms with Crippen LogP contribution in [0.4, 0.5) is 0 Å². The van der Waals surface area contributed by atoms with Crippen molar-refractivity contribution in [3.63, 3.8) is 0 Å². The third kappa shape index (κ3) is 1.53. The molecule has 14 heavy (non-hydrogen) atoms. The number of aliphatic hydroxyl groups is 2. The smallest absolute Gasteiger partial charge is 0.309 e. The van der Waals surface area contributed by atoms with E-state index in [0.717, 1.165) is 0 Å². The summed E-state index contributed by atoms with van der Waals surface area (Å²) in [5.74, 6) is 0.255. The van der Waals surface area contributed by atoms with Crippen molar-refractivity contribution < 1.29 is 19.7 Å². The summed E-state index contributed by atoms with van der Waals surface area (Å²) in [5, 5.41) is 18.8. The number of fused-ring (bicyclic) bond motifs is 1. The van der Waals surface area contributed by atoms with Gasteiger partial charge in [-0.2, -0.15) is 0 Å². The molecule has 2 fully saturated rings. The fourth-order valence-electron chi connectivity index (χ4n) is 2.55. The van der Waals surface area contributed by atoms with Gasteiger partial charge in [-0.15, -0.1) is 0 Å². The normalized spacial score (nSPS) is 45.5. The predicted molar refractivity (Wildman–Crippen MR) is 48.4 cm³/mol. The number of esters is 1. The van der Waals surface area contributed by atoms with Crippen LogP contribution in [0.15, 0.2) is 0 Å². The number of hydrogen-bond acceptors (Lipinski definition) is 4. The van der Waals surface area contributed by atoms with Gasteiger partial charge >= 0.3 is 5.97 Å². The predicted octanol–water partition coefficient (Wildman–Crippen LogP) is -0.0727. The highest BCUT2D eigenvalue weighted by Gasteiger charge is 2.59. The first-order chi connectivity index (χ1) is 6.65. The first-order valence-electron chi connectivity index (χ1n) is 5.18. The second-order valence-electron chi connectivity index (χ2n) is 4.21. The van der Waals surface area contributed by atoms with Gasteiger partial charge in [-0.1, -0.05) is 0 Å². The average molecular weight is 200 g/mol. The minimum atomic E-state index is -0.657. The lowest BCUT2D eigenvalue weighted by molar-refractivity contribution is -0.145.